The van der Waals surface area contributed by atoms with E-state index in [4.69, 9.17) is 9.47 Å². The van der Waals surface area contributed by atoms with E-state index in [-0.39, 0.29) is 6.10 Å². The number of hydrogen-bond donors (Lipinski definition) is 1. The Hall–Kier alpha value is -2.04. The number of benzene rings is 1. The standard InChI is InChI=1S/C18H27NO4/c1-6-15(19-17(21)23-18(3,4)5)16(20)22-13(2)12-14-10-8-7-9-11-14/h7-11,13,15H,6,12H2,1-5H3,(H,19,21)/t13?,15-/m0/s1. The number of carbonyl (C=O) groups is 2. The van der Waals surface area contributed by atoms with Crippen molar-refractivity contribution < 1.29 is 19.1 Å². The highest BCUT2D eigenvalue weighted by Crippen LogP contribution is 2.09. The number of esters is 1. The monoisotopic (exact) mass is 321 g/mol. The summed E-state index contributed by atoms with van der Waals surface area (Å²) in [5.41, 5.74) is 0.494. The van der Waals surface area contributed by atoms with Crippen LogP contribution in [0.5, 0.6) is 0 Å². The number of rotatable bonds is 6. The predicted molar refractivity (Wildman–Crippen MR) is 89.1 cm³/mol. The molecule has 2 atom stereocenters. The molecule has 5 heteroatoms. The Labute approximate surface area is 138 Å². The van der Waals surface area contributed by atoms with Gasteiger partial charge in [-0.05, 0) is 39.7 Å². The number of ether oxygens (including phenoxy) is 2. The molecule has 0 spiro atoms. The van der Waals surface area contributed by atoms with Crippen molar-refractivity contribution in [3.63, 3.8) is 0 Å². The first-order chi connectivity index (χ1) is 10.7. The quantitative estimate of drug-likeness (QED) is 0.815. The van der Waals surface area contributed by atoms with Crippen molar-refractivity contribution in [2.45, 2.75) is 65.2 Å². The molecule has 1 rings (SSSR count). The van der Waals surface area contributed by atoms with E-state index in [0.717, 1.165) is 5.56 Å². The van der Waals surface area contributed by atoms with E-state index in [1.807, 2.05) is 44.2 Å². The normalized spacial score (nSPS) is 13.8. The molecule has 0 radical (unpaired) electrons. The van der Waals surface area contributed by atoms with Crippen LogP contribution in [0.15, 0.2) is 30.3 Å². The zero-order valence-corrected chi connectivity index (χ0v) is 14.6. The largest absolute Gasteiger partial charge is 0.461 e. The average Bonchev–Trinajstić information content (AvgIpc) is 2.43. The molecule has 0 fully saturated rings. The lowest BCUT2D eigenvalue weighted by Gasteiger charge is -2.23. The third kappa shape index (κ3) is 7.68. The second-order valence-electron chi connectivity index (χ2n) is 6.54. The summed E-state index contributed by atoms with van der Waals surface area (Å²) in [4.78, 5) is 24.0. The molecule has 1 aromatic rings. The molecular weight excluding hydrogens is 294 g/mol. The van der Waals surface area contributed by atoms with Gasteiger partial charge in [0.2, 0.25) is 0 Å². The zero-order chi connectivity index (χ0) is 17.5. The molecule has 0 aromatic heterocycles. The molecule has 0 aliphatic heterocycles. The van der Waals surface area contributed by atoms with Crippen LogP contribution < -0.4 is 5.32 Å². The molecule has 1 aromatic carbocycles. The molecule has 0 aliphatic rings. The van der Waals surface area contributed by atoms with Crippen LogP contribution in [0.1, 0.15) is 46.6 Å². The molecule has 5 nitrogen and oxygen atoms in total. The summed E-state index contributed by atoms with van der Waals surface area (Å²) >= 11 is 0. The molecule has 0 heterocycles. The van der Waals surface area contributed by atoms with Crippen molar-refractivity contribution in [3.05, 3.63) is 35.9 Å². The molecule has 0 aliphatic carbocycles. The average molecular weight is 321 g/mol. The molecule has 1 N–H and O–H groups in total. The van der Waals surface area contributed by atoms with Gasteiger partial charge in [-0.15, -0.1) is 0 Å². The van der Waals surface area contributed by atoms with Crippen molar-refractivity contribution in [2.75, 3.05) is 0 Å². The van der Waals surface area contributed by atoms with Crippen LogP contribution in [0.25, 0.3) is 0 Å². The van der Waals surface area contributed by atoms with Crippen LogP contribution in [0.4, 0.5) is 4.79 Å². The van der Waals surface area contributed by atoms with Crippen molar-refractivity contribution in [3.8, 4) is 0 Å². The Kier molecular flexibility index (Phi) is 7.07. The molecule has 128 valence electrons. The highest BCUT2D eigenvalue weighted by atomic mass is 16.6. The first kappa shape index (κ1) is 19.0. The maximum Gasteiger partial charge on any atom is 0.408 e. The summed E-state index contributed by atoms with van der Waals surface area (Å²) in [7, 11) is 0. The Morgan fingerprint density at radius 2 is 1.78 bits per heavy atom. The smallest absolute Gasteiger partial charge is 0.408 e. The Balaban J connectivity index is 2.51. The summed E-state index contributed by atoms with van der Waals surface area (Å²) in [6, 6.07) is 9.10. The first-order valence-electron chi connectivity index (χ1n) is 7.95. The Bertz CT molecular complexity index is 508. The first-order valence-corrected chi connectivity index (χ1v) is 7.95. The van der Waals surface area contributed by atoms with Crippen LogP contribution in [-0.4, -0.2) is 29.8 Å². The predicted octanol–water partition coefficient (Wildman–Crippen LogP) is 3.46. The van der Waals surface area contributed by atoms with Crippen molar-refractivity contribution in [1.29, 1.82) is 0 Å². The van der Waals surface area contributed by atoms with Gasteiger partial charge in [-0.25, -0.2) is 9.59 Å². The second-order valence-corrected chi connectivity index (χ2v) is 6.54. The molecule has 1 amide bonds. The van der Waals surface area contributed by atoms with Gasteiger partial charge in [-0.3, -0.25) is 0 Å². The summed E-state index contributed by atoms with van der Waals surface area (Å²) in [5, 5.41) is 2.56. The number of hydrogen-bond acceptors (Lipinski definition) is 4. The van der Waals surface area contributed by atoms with Gasteiger partial charge in [0.15, 0.2) is 0 Å². The maximum absolute atomic E-state index is 12.2. The minimum Gasteiger partial charge on any atom is -0.461 e. The van der Waals surface area contributed by atoms with Gasteiger partial charge in [-0.1, -0.05) is 37.3 Å². The summed E-state index contributed by atoms with van der Waals surface area (Å²) in [6.07, 6.45) is 0.197. The lowest BCUT2D eigenvalue weighted by Crippen LogP contribution is -2.44. The van der Waals surface area contributed by atoms with Crippen molar-refractivity contribution in [1.82, 2.24) is 5.32 Å². The van der Waals surface area contributed by atoms with Gasteiger partial charge < -0.3 is 14.8 Å². The lowest BCUT2D eigenvalue weighted by molar-refractivity contribution is -0.150. The molecule has 0 saturated carbocycles. The van der Waals surface area contributed by atoms with E-state index < -0.39 is 23.7 Å². The van der Waals surface area contributed by atoms with Crippen LogP contribution >= 0.6 is 0 Å². The van der Waals surface area contributed by atoms with Crippen molar-refractivity contribution >= 4 is 12.1 Å². The SMILES string of the molecule is CC[C@H](NC(=O)OC(C)(C)C)C(=O)OC(C)Cc1ccccc1. The third-order valence-corrected chi connectivity index (χ3v) is 3.07. The van der Waals surface area contributed by atoms with Crippen LogP contribution in [0.3, 0.4) is 0 Å². The molecule has 0 saturated heterocycles. The highest BCUT2D eigenvalue weighted by Gasteiger charge is 2.25. The number of carbonyl (C=O) groups excluding carboxylic acids is 2. The number of amides is 1. The van der Waals surface area contributed by atoms with Gasteiger partial charge in [0, 0.05) is 6.42 Å². The van der Waals surface area contributed by atoms with Gasteiger partial charge >= 0.3 is 12.1 Å². The zero-order valence-electron chi connectivity index (χ0n) is 14.6. The Morgan fingerprint density at radius 3 is 2.30 bits per heavy atom. The minimum absolute atomic E-state index is 0.264. The van der Waals surface area contributed by atoms with Gasteiger partial charge in [-0.2, -0.15) is 0 Å². The second kappa shape index (κ2) is 8.56. The van der Waals surface area contributed by atoms with E-state index >= 15 is 0 Å². The third-order valence-electron chi connectivity index (χ3n) is 3.07. The van der Waals surface area contributed by atoms with E-state index in [2.05, 4.69) is 5.32 Å². The summed E-state index contributed by atoms with van der Waals surface area (Å²) in [6.45, 7) is 8.96. The van der Waals surface area contributed by atoms with Gasteiger partial charge in [0.1, 0.15) is 17.7 Å². The lowest BCUT2D eigenvalue weighted by atomic mass is 10.1. The number of alkyl carbamates (subject to hydrolysis) is 1. The maximum atomic E-state index is 12.2. The molecular formula is C18H27NO4. The minimum atomic E-state index is -0.705. The van der Waals surface area contributed by atoms with Gasteiger partial charge in [0.05, 0.1) is 0 Å². The fourth-order valence-corrected chi connectivity index (χ4v) is 2.05. The van der Waals surface area contributed by atoms with Crippen molar-refractivity contribution in [2.24, 2.45) is 0 Å². The van der Waals surface area contributed by atoms with E-state index in [1.165, 1.54) is 0 Å². The fraction of sp³-hybridized carbons (Fsp3) is 0.556. The molecule has 0 bridgehead atoms. The molecule has 1 unspecified atom stereocenters. The Morgan fingerprint density at radius 1 is 1.17 bits per heavy atom. The van der Waals surface area contributed by atoms with Crippen LogP contribution in [0, 0.1) is 0 Å². The summed E-state index contributed by atoms with van der Waals surface area (Å²) < 4.78 is 10.6. The highest BCUT2D eigenvalue weighted by molar-refractivity contribution is 5.81. The van der Waals surface area contributed by atoms with Crippen LogP contribution in [0.2, 0.25) is 0 Å². The molecule has 23 heavy (non-hydrogen) atoms. The summed E-state index contributed by atoms with van der Waals surface area (Å²) in [5.74, 6) is -0.443. The van der Waals surface area contributed by atoms with E-state index in [9.17, 15) is 9.59 Å². The fourth-order valence-electron chi connectivity index (χ4n) is 2.05. The van der Waals surface area contributed by atoms with Crippen LogP contribution in [-0.2, 0) is 20.7 Å². The van der Waals surface area contributed by atoms with E-state index in [1.54, 1.807) is 20.8 Å². The van der Waals surface area contributed by atoms with E-state index in [0.29, 0.717) is 12.8 Å². The topological polar surface area (TPSA) is 64.6 Å². The number of nitrogens with one attached hydrogen (secondary N) is 1. The van der Waals surface area contributed by atoms with Gasteiger partial charge in [0.25, 0.3) is 0 Å².